The summed E-state index contributed by atoms with van der Waals surface area (Å²) in [6, 6.07) is 11.0. The Hall–Kier alpha value is -2.86. The zero-order chi connectivity index (χ0) is 16.9. The van der Waals surface area contributed by atoms with Gasteiger partial charge in [0.1, 0.15) is 6.61 Å². The Morgan fingerprint density at radius 1 is 1.29 bits per heavy atom. The second-order valence-corrected chi connectivity index (χ2v) is 5.73. The van der Waals surface area contributed by atoms with Crippen molar-refractivity contribution in [2.24, 2.45) is 0 Å². The first-order chi connectivity index (χ1) is 11.6. The number of rotatable bonds is 6. The molecule has 0 saturated carbocycles. The van der Waals surface area contributed by atoms with E-state index in [0.29, 0.717) is 18.1 Å². The number of H-pyrrole nitrogens is 1. The van der Waals surface area contributed by atoms with Crippen molar-refractivity contribution in [3.8, 4) is 5.88 Å². The molecule has 2 N–H and O–H groups in total. The van der Waals surface area contributed by atoms with Crippen LogP contribution in [0.1, 0.15) is 10.4 Å². The van der Waals surface area contributed by atoms with Gasteiger partial charge in [0, 0.05) is 41.5 Å². The lowest BCUT2D eigenvalue weighted by molar-refractivity contribution is 0.102. The molecule has 0 aliphatic heterocycles. The highest BCUT2D eigenvalue weighted by atomic mass is 16.5. The number of aromatic amines is 1. The molecule has 2 heterocycles. The fraction of sp³-hybridized carbons (Fsp3) is 0.222. The van der Waals surface area contributed by atoms with Crippen LogP contribution >= 0.6 is 0 Å². The van der Waals surface area contributed by atoms with Crippen molar-refractivity contribution in [3.63, 3.8) is 0 Å². The zero-order valence-electron chi connectivity index (χ0n) is 13.7. The Morgan fingerprint density at radius 2 is 2.17 bits per heavy atom. The van der Waals surface area contributed by atoms with E-state index in [1.54, 1.807) is 18.3 Å². The van der Waals surface area contributed by atoms with Gasteiger partial charge in [-0.05, 0) is 38.4 Å². The number of hydrogen-bond donors (Lipinski definition) is 2. The number of anilines is 1. The van der Waals surface area contributed by atoms with Crippen molar-refractivity contribution in [2.75, 3.05) is 32.6 Å². The van der Waals surface area contributed by atoms with Gasteiger partial charge in [0.25, 0.3) is 5.91 Å². The maximum absolute atomic E-state index is 12.5. The minimum absolute atomic E-state index is 0.191. The van der Waals surface area contributed by atoms with Crippen LogP contribution in [0.15, 0.2) is 48.8 Å². The molecule has 6 heteroatoms. The number of benzene rings is 1. The lowest BCUT2D eigenvalue weighted by Crippen LogP contribution is -2.20. The Labute approximate surface area is 140 Å². The van der Waals surface area contributed by atoms with E-state index in [4.69, 9.17) is 4.74 Å². The fourth-order valence-corrected chi connectivity index (χ4v) is 2.35. The van der Waals surface area contributed by atoms with Crippen molar-refractivity contribution in [1.82, 2.24) is 14.9 Å². The molecule has 0 aliphatic rings. The first-order valence-corrected chi connectivity index (χ1v) is 7.74. The van der Waals surface area contributed by atoms with Gasteiger partial charge in [0.2, 0.25) is 5.88 Å². The van der Waals surface area contributed by atoms with E-state index in [-0.39, 0.29) is 5.91 Å². The van der Waals surface area contributed by atoms with Gasteiger partial charge in [-0.1, -0.05) is 6.07 Å². The molecule has 3 aromatic rings. The average Bonchev–Trinajstić information content (AvgIpc) is 3.04. The van der Waals surface area contributed by atoms with Gasteiger partial charge < -0.3 is 19.9 Å². The summed E-state index contributed by atoms with van der Waals surface area (Å²) in [6.45, 7) is 1.31. The van der Waals surface area contributed by atoms with Crippen LogP contribution in [0.5, 0.6) is 5.88 Å². The maximum Gasteiger partial charge on any atom is 0.255 e. The number of aromatic nitrogens is 2. The molecule has 6 nitrogen and oxygen atoms in total. The highest BCUT2D eigenvalue weighted by Crippen LogP contribution is 2.23. The van der Waals surface area contributed by atoms with E-state index in [9.17, 15) is 4.79 Å². The van der Waals surface area contributed by atoms with Crippen LogP contribution in [0.3, 0.4) is 0 Å². The second kappa shape index (κ2) is 7.14. The van der Waals surface area contributed by atoms with Gasteiger partial charge in [-0.3, -0.25) is 4.79 Å². The molecule has 0 aliphatic carbocycles. The van der Waals surface area contributed by atoms with Gasteiger partial charge in [-0.25, -0.2) is 4.98 Å². The topological polar surface area (TPSA) is 70.2 Å². The summed E-state index contributed by atoms with van der Waals surface area (Å²) in [4.78, 5) is 21.8. The number of amides is 1. The quantitative estimate of drug-likeness (QED) is 0.731. The Bertz CT molecular complexity index is 842. The Morgan fingerprint density at radius 3 is 3.00 bits per heavy atom. The first-order valence-electron chi connectivity index (χ1n) is 7.74. The third-order valence-corrected chi connectivity index (χ3v) is 3.63. The molecule has 0 saturated heterocycles. The van der Waals surface area contributed by atoms with Crippen molar-refractivity contribution < 1.29 is 9.53 Å². The van der Waals surface area contributed by atoms with Crippen molar-refractivity contribution in [1.29, 1.82) is 0 Å². The van der Waals surface area contributed by atoms with Crippen molar-refractivity contribution in [3.05, 3.63) is 54.4 Å². The summed E-state index contributed by atoms with van der Waals surface area (Å²) in [6.07, 6.45) is 3.43. The minimum atomic E-state index is -0.191. The largest absolute Gasteiger partial charge is 0.476 e. The highest BCUT2D eigenvalue weighted by molar-refractivity contribution is 6.08. The monoisotopic (exact) mass is 324 g/mol. The standard InChI is InChI=1S/C18H20N4O2/c1-22(2)10-11-24-17-12-13(6-8-20-17)18(23)21-16-5-3-4-15-14(16)7-9-19-15/h3-9,12,19H,10-11H2,1-2H3,(H,21,23). The maximum atomic E-state index is 12.5. The third-order valence-electron chi connectivity index (χ3n) is 3.63. The Balaban J connectivity index is 1.72. The van der Waals surface area contributed by atoms with E-state index in [0.717, 1.165) is 23.1 Å². The molecular weight excluding hydrogens is 304 g/mol. The molecule has 0 unspecified atom stereocenters. The van der Waals surface area contributed by atoms with E-state index >= 15 is 0 Å². The molecule has 0 fully saturated rings. The predicted molar refractivity (Wildman–Crippen MR) is 94.5 cm³/mol. The van der Waals surface area contributed by atoms with Gasteiger partial charge in [0.05, 0.1) is 5.69 Å². The summed E-state index contributed by atoms with van der Waals surface area (Å²) in [5.41, 5.74) is 2.26. The highest BCUT2D eigenvalue weighted by Gasteiger charge is 2.10. The molecule has 0 bridgehead atoms. The van der Waals surface area contributed by atoms with Crippen LogP contribution in [0, 0.1) is 0 Å². The molecule has 1 amide bonds. The molecular formula is C18H20N4O2. The van der Waals surface area contributed by atoms with Crippen LogP contribution in [0.4, 0.5) is 5.69 Å². The molecule has 24 heavy (non-hydrogen) atoms. The van der Waals surface area contributed by atoms with E-state index in [1.165, 1.54) is 0 Å². The number of nitrogens with zero attached hydrogens (tertiary/aromatic N) is 2. The molecule has 1 aromatic carbocycles. The fourth-order valence-electron chi connectivity index (χ4n) is 2.35. The van der Waals surface area contributed by atoms with Crippen molar-refractivity contribution >= 4 is 22.5 Å². The molecule has 2 aromatic heterocycles. The number of ether oxygens (including phenoxy) is 1. The molecule has 124 valence electrons. The van der Waals surface area contributed by atoms with Crippen LogP contribution in [-0.4, -0.2) is 48.0 Å². The molecule has 0 radical (unpaired) electrons. The lowest BCUT2D eigenvalue weighted by atomic mass is 10.2. The van der Waals surface area contributed by atoms with Crippen molar-refractivity contribution in [2.45, 2.75) is 0 Å². The smallest absolute Gasteiger partial charge is 0.255 e. The summed E-state index contributed by atoms with van der Waals surface area (Å²) in [7, 11) is 3.95. The van der Waals surface area contributed by atoms with E-state index < -0.39 is 0 Å². The average molecular weight is 324 g/mol. The van der Waals surface area contributed by atoms with Crippen LogP contribution in [0.2, 0.25) is 0 Å². The normalized spacial score (nSPS) is 11.0. The van der Waals surface area contributed by atoms with E-state index in [1.807, 2.05) is 49.5 Å². The summed E-state index contributed by atoms with van der Waals surface area (Å²) >= 11 is 0. The summed E-state index contributed by atoms with van der Waals surface area (Å²) in [5.74, 6) is 0.257. The molecule has 3 rings (SSSR count). The predicted octanol–water partition coefficient (Wildman–Crippen LogP) is 2.76. The minimum Gasteiger partial charge on any atom is -0.476 e. The number of hydrogen-bond acceptors (Lipinski definition) is 4. The first kappa shape index (κ1) is 16.0. The number of likely N-dealkylation sites (N-methyl/N-ethyl adjacent to an activating group) is 1. The summed E-state index contributed by atoms with van der Waals surface area (Å²) < 4.78 is 5.58. The molecule has 0 spiro atoms. The third kappa shape index (κ3) is 3.72. The number of fused-ring (bicyclic) bond motifs is 1. The van der Waals surface area contributed by atoms with Gasteiger partial charge >= 0.3 is 0 Å². The summed E-state index contributed by atoms with van der Waals surface area (Å²) in [5, 5.41) is 3.91. The zero-order valence-corrected chi connectivity index (χ0v) is 13.7. The number of carbonyl (C=O) groups excluding carboxylic acids is 1. The van der Waals surface area contributed by atoms with Crippen LogP contribution < -0.4 is 10.1 Å². The SMILES string of the molecule is CN(C)CCOc1cc(C(=O)Nc2cccc3[nH]ccc23)ccn1. The second-order valence-electron chi connectivity index (χ2n) is 5.73. The molecule has 0 atom stereocenters. The lowest BCUT2D eigenvalue weighted by Gasteiger charge is -2.11. The Kier molecular flexibility index (Phi) is 4.77. The van der Waals surface area contributed by atoms with Crippen LogP contribution in [0.25, 0.3) is 10.9 Å². The number of pyridine rings is 1. The number of nitrogens with one attached hydrogen (secondary N) is 2. The van der Waals surface area contributed by atoms with Gasteiger partial charge in [-0.2, -0.15) is 0 Å². The number of carbonyl (C=O) groups is 1. The van der Waals surface area contributed by atoms with Crippen LogP contribution in [-0.2, 0) is 0 Å². The van der Waals surface area contributed by atoms with Gasteiger partial charge in [-0.15, -0.1) is 0 Å². The van der Waals surface area contributed by atoms with E-state index in [2.05, 4.69) is 15.3 Å². The van der Waals surface area contributed by atoms with Gasteiger partial charge in [0.15, 0.2) is 0 Å².